The highest BCUT2D eigenvalue weighted by Gasteiger charge is 2.23. The van der Waals surface area contributed by atoms with Crippen LogP contribution >= 0.6 is 11.3 Å². The molecule has 1 unspecified atom stereocenters. The van der Waals surface area contributed by atoms with Gasteiger partial charge in [-0.15, -0.1) is 11.3 Å². The van der Waals surface area contributed by atoms with E-state index >= 15 is 0 Å². The van der Waals surface area contributed by atoms with Crippen LogP contribution in [0.25, 0.3) is 11.3 Å². The lowest BCUT2D eigenvalue weighted by Crippen LogP contribution is -2.18. The van der Waals surface area contributed by atoms with Crippen molar-refractivity contribution in [3.05, 3.63) is 52.7 Å². The van der Waals surface area contributed by atoms with Gasteiger partial charge in [-0.25, -0.2) is 4.98 Å². The van der Waals surface area contributed by atoms with Crippen molar-refractivity contribution in [1.82, 2.24) is 9.97 Å². The first-order valence-electron chi connectivity index (χ1n) is 9.44. The second kappa shape index (κ2) is 8.08. The molecule has 0 saturated carbocycles. The third-order valence-corrected chi connectivity index (χ3v) is 5.97. The molecule has 4 rings (SSSR count). The zero-order chi connectivity index (χ0) is 20.4. The molecule has 2 amide bonds. The Morgan fingerprint density at radius 1 is 1.38 bits per heavy atom. The number of primary amides is 1. The maximum Gasteiger partial charge on any atom is 0.265 e. The number of hydrogen-bond acceptors (Lipinski definition) is 5. The first kappa shape index (κ1) is 19.2. The standard InChI is InChI=1S/C21H22N4O3S/c1-28-15-5-6-16-12(7-15)3-2-4-13(16)9-19(26)25-21-24-18(11-29-21)14-8-17(20(22)27)23-10-14/h5-8,10-11,13,23H,2-4,9H2,1H3,(H2,22,27)(H,24,25,26). The molecule has 1 aromatic carbocycles. The van der Waals surface area contributed by atoms with Crippen molar-refractivity contribution in [2.75, 3.05) is 12.4 Å². The van der Waals surface area contributed by atoms with E-state index in [1.54, 1.807) is 19.4 Å². The first-order chi connectivity index (χ1) is 14.0. The highest BCUT2D eigenvalue weighted by atomic mass is 32.1. The molecule has 1 aliphatic carbocycles. The number of anilines is 1. The molecule has 29 heavy (non-hydrogen) atoms. The number of aromatic amines is 1. The van der Waals surface area contributed by atoms with Gasteiger partial charge in [-0.3, -0.25) is 9.59 Å². The molecule has 1 aliphatic rings. The highest BCUT2D eigenvalue weighted by Crippen LogP contribution is 2.36. The molecule has 3 aromatic rings. The van der Waals surface area contributed by atoms with Crippen molar-refractivity contribution >= 4 is 28.3 Å². The van der Waals surface area contributed by atoms with Crippen LogP contribution in [-0.2, 0) is 11.2 Å². The van der Waals surface area contributed by atoms with Crippen LogP contribution in [0.3, 0.4) is 0 Å². The monoisotopic (exact) mass is 410 g/mol. The Kier molecular flexibility index (Phi) is 5.35. The van der Waals surface area contributed by atoms with Gasteiger partial charge in [0.2, 0.25) is 5.91 Å². The van der Waals surface area contributed by atoms with Crippen LogP contribution < -0.4 is 15.8 Å². The number of H-pyrrole nitrogens is 1. The van der Waals surface area contributed by atoms with Crippen LogP contribution in [0.1, 0.15) is 46.8 Å². The lowest BCUT2D eigenvalue weighted by atomic mass is 9.81. The van der Waals surface area contributed by atoms with Gasteiger partial charge < -0.3 is 20.8 Å². The van der Waals surface area contributed by atoms with Crippen molar-refractivity contribution < 1.29 is 14.3 Å². The number of fused-ring (bicyclic) bond motifs is 1. The number of amides is 2. The zero-order valence-electron chi connectivity index (χ0n) is 16.0. The number of rotatable bonds is 6. The molecule has 1 atom stereocenters. The van der Waals surface area contributed by atoms with Crippen molar-refractivity contribution in [3.8, 4) is 17.0 Å². The largest absolute Gasteiger partial charge is 0.497 e. The predicted molar refractivity (Wildman–Crippen MR) is 112 cm³/mol. The second-order valence-electron chi connectivity index (χ2n) is 7.11. The van der Waals surface area contributed by atoms with Gasteiger partial charge in [0.25, 0.3) is 5.91 Å². The summed E-state index contributed by atoms with van der Waals surface area (Å²) in [5.41, 5.74) is 9.53. The van der Waals surface area contributed by atoms with Crippen LogP contribution in [-0.4, -0.2) is 28.9 Å². The van der Waals surface area contributed by atoms with E-state index in [1.165, 1.54) is 22.5 Å². The Labute approximate surface area is 172 Å². The number of nitrogens with two attached hydrogens (primary N) is 1. The quantitative estimate of drug-likeness (QED) is 0.575. The molecular formula is C21H22N4O3S. The SMILES string of the molecule is COc1ccc2c(c1)CCCC2CC(=O)Nc1nc(-c2c[nH]c(C(N)=O)c2)cs1. The fraction of sp³-hybridized carbons (Fsp3) is 0.286. The summed E-state index contributed by atoms with van der Waals surface area (Å²) in [5.74, 6) is 0.483. The molecule has 0 aliphatic heterocycles. The summed E-state index contributed by atoms with van der Waals surface area (Å²) in [7, 11) is 1.67. The average molecular weight is 410 g/mol. The summed E-state index contributed by atoms with van der Waals surface area (Å²) in [6, 6.07) is 7.76. The molecule has 0 bridgehead atoms. The summed E-state index contributed by atoms with van der Waals surface area (Å²) < 4.78 is 5.31. The minimum atomic E-state index is -0.523. The smallest absolute Gasteiger partial charge is 0.265 e. The summed E-state index contributed by atoms with van der Waals surface area (Å²) in [6.45, 7) is 0. The van der Waals surface area contributed by atoms with Gasteiger partial charge in [0.15, 0.2) is 5.13 Å². The van der Waals surface area contributed by atoms with Crippen LogP contribution in [0.2, 0.25) is 0 Å². The lowest BCUT2D eigenvalue weighted by Gasteiger charge is -2.25. The zero-order valence-corrected chi connectivity index (χ0v) is 16.8. The van der Waals surface area contributed by atoms with E-state index in [2.05, 4.69) is 27.4 Å². The number of carbonyl (C=O) groups excluding carboxylic acids is 2. The van der Waals surface area contributed by atoms with Gasteiger partial charge in [0, 0.05) is 23.6 Å². The normalized spacial score (nSPS) is 15.6. The van der Waals surface area contributed by atoms with E-state index in [4.69, 9.17) is 10.5 Å². The molecule has 8 heteroatoms. The van der Waals surface area contributed by atoms with Gasteiger partial charge >= 0.3 is 0 Å². The van der Waals surface area contributed by atoms with Gasteiger partial charge in [0.05, 0.1) is 12.8 Å². The Bertz CT molecular complexity index is 1060. The fourth-order valence-corrected chi connectivity index (χ4v) is 4.51. The molecule has 0 spiro atoms. The first-order valence-corrected chi connectivity index (χ1v) is 10.3. The number of nitrogens with one attached hydrogen (secondary N) is 2. The lowest BCUT2D eigenvalue weighted by molar-refractivity contribution is -0.116. The highest BCUT2D eigenvalue weighted by molar-refractivity contribution is 7.14. The Balaban J connectivity index is 1.42. The van der Waals surface area contributed by atoms with Crippen molar-refractivity contribution in [1.29, 1.82) is 0 Å². The van der Waals surface area contributed by atoms with Gasteiger partial charge in [-0.05, 0) is 54.5 Å². The van der Waals surface area contributed by atoms with E-state index in [-0.39, 0.29) is 11.8 Å². The number of hydrogen-bond donors (Lipinski definition) is 3. The van der Waals surface area contributed by atoms with Gasteiger partial charge in [-0.1, -0.05) is 6.07 Å². The minimum Gasteiger partial charge on any atom is -0.497 e. The Morgan fingerprint density at radius 2 is 2.24 bits per heavy atom. The summed E-state index contributed by atoms with van der Waals surface area (Å²) >= 11 is 1.35. The van der Waals surface area contributed by atoms with Crippen LogP contribution in [0.15, 0.2) is 35.8 Å². The molecular weight excluding hydrogens is 388 g/mol. The molecule has 2 heterocycles. The van der Waals surface area contributed by atoms with E-state index in [0.717, 1.165) is 30.6 Å². The third kappa shape index (κ3) is 4.17. The Morgan fingerprint density at radius 3 is 3.00 bits per heavy atom. The minimum absolute atomic E-state index is 0.0496. The molecule has 0 saturated heterocycles. The summed E-state index contributed by atoms with van der Waals surface area (Å²) in [5, 5.41) is 5.28. The predicted octanol–water partition coefficient (Wildman–Crippen LogP) is 3.69. The number of benzene rings is 1. The number of carbonyl (C=O) groups is 2. The van der Waals surface area contributed by atoms with Crippen molar-refractivity contribution in [3.63, 3.8) is 0 Å². The van der Waals surface area contributed by atoms with Crippen molar-refractivity contribution in [2.24, 2.45) is 5.73 Å². The number of thiazole rings is 1. The molecule has 2 aromatic heterocycles. The van der Waals surface area contributed by atoms with Gasteiger partial charge in [0.1, 0.15) is 11.4 Å². The maximum atomic E-state index is 12.6. The summed E-state index contributed by atoms with van der Waals surface area (Å²) in [6.07, 6.45) is 5.17. The molecule has 0 fully saturated rings. The number of methoxy groups -OCH3 is 1. The third-order valence-electron chi connectivity index (χ3n) is 5.22. The number of aromatic nitrogens is 2. The number of aryl methyl sites for hydroxylation is 1. The van der Waals surface area contributed by atoms with Crippen LogP contribution in [0, 0.1) is 0 Å². The van der Waals surface area contributed by atoms with Gasteiger partial charge in [-0.2, -0.15) is 0 Å². The second-order valence-corrected chi connectivity index (χ2v) is 7.97. The van der Waals surface area contributed by atoms with E-state index in [0.29, 0.717) is 22.9 Å². The molecule has 4 N–H and O–H groups in total. The number of nitrogens with zero attached hydrogens (tertiary/aromatic N) is 1. The van der Waals surface area contributed by atoms with E-state index in [1.807, 2.05) is 11.4 Å². The van der Waals surface area contributed by atoms with E-state index in [9.17, 15) is 9.59 Å². The Hall–Kier alpha value is -3.13. The number of ether oxygens (including phenoxy) is 1. The molecule has 150 valence electrons. The van der Waals surface area contributed by atoms with E-state index < -0.39 is 5.91 Å². The summed E-state index contributed by atoms with van der Waals surface area (Å²) in [4.78, 5) is 31.1. The molecule has 7 nitrogen and oxygen atoms in total. The van der Waals surface area contributed by atoms with Crippen molar-refractivity contribution in [2.45, 2.75) is 31.6 Å². The maximum absolute atomic E-state index is 12.6. The fourth-order valence-electron chi connectivity index (χ4n) is 3.77. The topological polar surface area (TPSA) is 110 Å². The van der Waals surface area contributed by atoms with Crippen LogP contribution in [0.5, 0.6) is 5.75 Å². The molecule has 0 radical (unpaired) electrons. The van der Waals surface area contributed by atoms with Crippen LogP contribution in [0.4, 0.5) is 5.13 Å². The average Bonchev–Trinajstić information content (AvgIpc) is 3.37.